The molecule has 4 rings (SSSR count). The van der Waals surface area contributed by atoms with Gasteiger partial charge in [-0.1, -0.05) is 30.3 Å². The van der Waals surface area contributed by atoms with Crippen molar-refractivity contribution < 1.29 is 27.8 Å². The standard InChI is InChI=1S/C26H21F2N3O4/c1-2-34-25(32)15-35-24-14-22(16-6-4-3-5-7-16)30-21-11-9-18(13-19(21)24)29-26(33)31-23-12-17(27)8-10-20(23)28/h3-14H,2,15H2,1H3,(H2,29,31,33). The summed E-state index contributed by atoms with van der Waals surface area (Å²) in [6, 6.07) is 18.0. The third-order valence-corrected chi connectivity index (χ3v) is 4.93. The van der Waals surface area contributed by atoms with Crippen LogP contribution in [0.5, 0.6) is 5.75 Å². The van der Waals surface area contributed by atoms with Gasteiger partial charge in [-0.25, -0.2) is 23.4 Å². The van der Waals surface area contributed by atoms with Crippen LogP contribution in [0.2, 0.25) is 0 Å². The van der Waals surface area contributed by atoms with E-state index in [0.29, 0.717) is 28.0 Å². The topological polar surface area (TPSA) is 89.6 Å². The van der Waals surface area contributed by atoms with Crippen LogP contribution in [0.1, 0.15) is 6.92 Å². The minimum absolute atomic E-state index is 0.226. The number of halogens is 2. The zero-order valence-electron chi connectivity index (χ0n) is 18.7. The number of rotatable bonds is 7. The second kappa shape index (κ2) is 10.6. The van der Waals surface area contributed by atoms with E-state index >= 15 is 0 Å². The molecular formula is C26H21F2N3O4. The molecular weight excluding hydrogens is 456 g/mol. The molecule has 3 aromatic carbocycles. The maximum atomic E-state index is 13.8. The lowest BCUT2D eigenvalue weighted by Crippen LogP contribution is -2.20. The fourth-order valence-corrected chi connectivity index (χ4v) is 3.37. The van der Waals surface area contributed by atoms with E-state index in [1.54, 1.807) is 31.2 Å². The SMILES string of the molecule is CCOC(=O)COc1cc(-c2ccccc2)nc2ccc(NC(=O)Nc3cc(F)ccc3F)cc12. The first-order valence-electron chi connectivity index (χ1n) is 10.7. The van der Waals surface area contributed by atoms with Gasteiger partial charge in [0.05, 0.1) is 23.5 Å². The average molecular weight is 477 g/mol. The Bertz CT molecular complexity index is 1380. The number of aromatic nitrogens is 1. The van der Waals surface area contributed by atoms with Gasteiger partial charge in [-0.3, -0.25) is 0 Å². The first-order valence-corrected chi connectivity index (χ1v) is 10.7. The van der Waals surface area contributed by atoms with Crippen LogP contribution >= 0.6 is 0 Å². The van der Waals surface area contributed by atoms with E-state index in [0.717, 1.165) is 23.8 Å². The van der Waals surface area contributed by atoms with E-state index in [1.165, 1.54) is 0 Å². The fourth-order valence-electron chi connectivity index (χ4n) is 3.37. The van der Waals surface area contributed by atoms with Crippen molar-refractivity contribution >= 4 is 34.3 Å². The number of nitrogens with zero attached hydrogens (tertiary/aromatic N) is 1. The van der Waals surface area contributed by atoms with Crippen LogP contribution in [0.4, 0.5) is 25.0 Å². The van der Waals surface area contributed by atoms with Gasteiger partial charge in [0.2, 0.25) is 0 Å². The smallest absolute Gasteiger partial charge is 0.344 e. The highest BCUT2D eigenvalue weighted by molar-refractivity contribution is 6.01. The summed E-state index contributed by atoms with van der Waals surface area (Å²) in [4.78, 5) is 28.9. The van der Waals surface area contributed by atoms with Gasteiger partial charge in [0.15, 0.2) is 6.61 Å². The number of fused-ring (bicyclic) bond motifs is 1. The summed E-state index contributed by atoms with van der Waals surface area (Å²) >= 11 is 0. The highest BCUT2D eigenvalue weighted by atomic mass is 19.1. The van der Waals surface area contributed by atoms with Crippen LogP contribution in [-0.2, 0) is 9.53 Å². The molecule has 35 heavy (non-hydrogen) atoms. The highest BCUT2D eigenvalue weighted by Gasteiger charge is 2.14. The van der Waals surface area contributed by atoms with Gasteiger partial charge in [0, 0.05) is 28.8 Å². The summed E-state index contributed by atoms with van der Waals surface area (Å²) in [6.45, 7) is 1.62. The van der Waals surface area contributed by atoms with E-state index in [4.69, 9.17) is 9.47 Å². The summed E-state index contributed by atoms with van der Waals surface area (Å²) in [5.41, 5.74) is 2.11. The number of amides is 2. The number of hydrogen-bond donors (Lipinski definition) is 2. The summed E-state index contributed by atoms with van der Waals surface area (Å²) in [7, 11) is 0. The zero-order valence-corrected chi connectivity index (χ0v) is 18.7. The molecule has 178 valence electrons. The Labute approximate surface area is 199 Å². The Hall–Kier alpha value is -4.53. The van der Waals surface area contributed by atoms with Gasteiger partial charge < -0.3 is 20.1 Å². The Morgan fingerprint density at radius 3 is 2.51 bits per heavy atom. The second-order valence-corrected chi connectivity index (χ2v) is 7.40. The van der Waals surface area contributed by atoms with Crippen molar-refractivity contribution in [1.29, 1.82) is 0 Å². The number of ether oxygens (including phenoxy) is 2. The number of pyridine rings is 1. The Kier molecular flexibility index (Phi) is 7.15. The molecule has 1 heterocycles. The van der Waals surface area contributed by atoms with Crippen LogP contribution in [-0.4, -0.2) is 30.2 Å². The Morgan fingerprint density at radius 1 is 0.943 bits per heavy atom. The molecule has 0 aliphatic carbocycles. The largest absolute Gasteiger partial charge is 0.481 e. The fraction of sp³-hybridized carbons (Fsp3) is 0.115. The number of hydrogen-bond acceptors (Lipinski definition) is 5. The van der Waals surface area contributed by atoms with E-state index in [1.807, 2.05) is 30.3 Å². The lowest BCUT2D eigenvalue weighted by molar-refractivity contribution is -0.145. The highest BCUT2D eigenvalue weighted by Crippen LogP contribution is 2.32. The van der Waals surface area contributed by atoms with Crippen LogP contribution in [0, 0.1) is 11.6 Å². The third-order valence-electron chi connectivity index (χ3n) is 4.93. The molecule has 0 unspecified atom stereocenters. The molecule has 0 fully saturated rings. The van der Waals surface area contributed by atoms with E-state index in [9.17, 15) is 18.4 Å². The van der Waals surface area contributed by atoms with Gasteiger partial charge in [0.25, 0.3) is 0 Å². The maximum absolute atomic E-state index is 13.8. The van der Waals surface area contributed by atoms with Gasteiger partial charge in [-0.15, -0.1) is 0 Å². The lowest BCUT2D eigenvalue weighted by Gasteiger charge is -2.13. The molecule has 2 amide bonds. The summed E-state index contributed by atoms with van der Waals surface area (Å²) < 4.78 is 37.9. The molecule has 0 aliphatic heterocycles. The van der Waals surface area contributed by atoms with Crippen molar-refractivity contribution in [1.82, 2.24) is 4.98 Å². The number of esters is 1. The van der Waals surface area contributed by atoms with Crippen molar-refractivity contribution in [3.8, 4) is 17.0 Å². The van der Waals surface area contributed by atoms with Crippen molar-refractivity contribution in [2.75, 3.05) is 23.8 Å². The monoisotopic (exact) mass is 477 g/mol. The summed E-state index contributed by atoms with van der Waals surface area (Å²) in [5.74, 6) is -1.62. The van der Waals surface area contributed by atoms with Gasteiger partial charge >= 0.3 is 12.0 Å². The number of urea groups is 1. The number of anilines is 2. The first-order chi connectivity index (χ1) is 16.9. The molecule has 2 N–H and O–H groups in total. The molecule has 0 spiro atoms. The molecule has 9 heteroatoms. The molecule has 4 aromatic rings. The molecule has 1 aromatic heterocycles. The summed E-state index contributed by atoms with van der Waals surface area (Å²) in [6.07, 6.45) is 0. The number of benzene rings is 3. The zero-order chi connectivity index (χ0) is 24.8. The number of carbonyl (C=O) groups is 2. The Balaban J connectivity index is 1.63. The van der Waals surface area contributed by atoms with Gasteiger partial charge in [-0.2, -0.15) is 0 Å². The van der Waals surface area contributed by atoms with E-state index < -0.39 is 23.6 Å². The normalized spacial score (nSPS) is 10.6. The molecule has 0 radical (unpaired) electrons. The minimum atomic E-state index is -0.771. The predicted molar refractivity (Wildman–Crippen MR) is 128 cm³/mol. The average Bonchev–Trinajstić information content (AvgIpc) is 2.85. The van der Waals surface area contributed by atoms with Crippen molar-refractivity contribution in [2.45, 2.75) is 6.92 Å². The van der Waals surface area contributed by atoms with Crippen LogP contribution < -0.4 is 15.4 Å². The van der Waals surface area contributed by atoms with Crippen LogP contribution in [0.15, 0.2) is 72.8 Å². The van der Waals surface area contributed by atoms with Crippen LogP contribution in [0.3, 0.4) is 0 Å². The Morgan fingerprint density at radius 2 is 1.74 bits per heavy atom. The van der Waals surface area contributed by atoms with Crippen molar-refractivity contribution in [3.63, 3.8) is 0 Å². The van der Waals surface area contributed by atoms with Crippen LogP contribution in [0.25, 0.3) is 22.2 Å². The molecule has 0 bridgehead atoms. The van der Waals surface area contributed by atoms with Crippen molar-refractivity contribution in [2.24, 2.45) is 0 Å². The second-order valence-electron chi connectivity index (χ2n) is 7.40. The molecule has 0 saturated heterocycles. The van der Waals surface area contributed by atoms with Gasteiger partial charge in [-0.05, 0) is 37.3 Å². The predicted octanol–water partition coefficient (Wildman–Crippen LogP) is 5.77. The molecule has 0 saturated carbocycles. The van der Waals surface area contributed by atoms with E-state index in [-0.39, 0.29) is 18.9 Å². The van der Waals surface area contributed by atoms with Crippen molar-refractivity contribution in [3.05, 3.63) is 84.4 Å². The summed E-state index contributed by atoms with van der Waals surface area (Å²) in [5, 5.41) is 5.38. The first kappa shape index (κ1) is 23.6. The third kappa shape index (κ3) is 5.89. The number of nitrogens with one attached hydrogen (secondary N) is 2. The molecule has 0 aliphatic rings. The quantitative estimate of drug-likeness (QED) is 0.330. The van der Waals surface area contributed by atoms with E-state index in [2.05, 4.69) is 15.6 Å². The molecule has 0 atom stereocenters. The van der Waals surface area contributed by atoms with Gasteiger partial charge in [0.1, 0.15) is 17.4 Å². The lowest BCUT2D eigenvalue weighted by atomic mass is 10.1. The minimum Gasteiger partial charge on any atom is -0.481 e. The number of carbonyl (C=O) groups excluding carboxylic acids is 2. The maximum Gasteiger partial charge on any atom is 0.344 e. The molecule has 7 nitrogen and oxygen atoms in total.